The second kappa shape index (κ2) is 28.6. The number of ether oxygens (including phenoxy) is 7. The van der Waals surface area contributed by atoms with Gasteiger partial charge in [0.2, 0.25) is 6.10 Å². The van der Waals surface area contributed by atoms with Crippen LogP contribution in [0.4, 0.5) is 9.59 Å². The summed E-state index contributed by atoms with van der Waals surface area (Å²) in [5.41, 5.74) is -8.41. The number of esters is 4. The van der Waals surface area contributed by atoms with Crippen LogP contribution in [0, 0.1) is 16.7 Å². The standard InChI is InChI=1S/C64H88N2O16/c1-14-15-16-17-18-19-20-21-22-23-24-25-26-27-28-29-33-36-49(69)78-51(45(37-41(2)3)65-58(73)82-60(6,7)8)57(72)77-46-39-64(75)55(80-56(71)44-34-31-30-32-35-44)53-62(11,47(68)38-48-63(53,40-76-48)81-43(5)67)54(70)52(79-59(74)66(12)13)50(42(46)4)61(64,9)10/h15-16,18-19,21-22,24-25,27-28,30-32,34-35,37,45-48,51-53,55,68,75H,14,17,20,23,26,29,33,36,38-40H2,1-13H3,(H,65,73)/b16-15-,19-18-,22-21-,25-24-,28-27-/t45-,46-,47-,48+,51+,52+,53?,55-,62+,63-,64+/m0/s1. The van der Waals surface area contributed by atoms with Gasteiger partial charge in [0.25, 0.3) is 0 Å². The number of nitrogens with one attached hydrogen (secondary N) is 1. The van der Waals surface area contributed by atoms with E-state index in [2.05, 4.69) is 60.8 Å². The summed E-state index contributed by atoms with van der Waals surface area (Å²) in [5, 5.41) is 29.0. The zero-order valence-electron chi connectivity index (χ0n) is 50.2. The van der Waals surface area contributed by atoms with Crippen LogP contribution in [0.3, 0.4) is 0 Å². The third kappa shape index (κ3) is 15.7. The number of hydrogen-bond acceptors (Lipinski definition) is 16. The van der Waals surface area contributed by atoms with Crippen molar-refractivity contribution in [2.24, 2.45) is 16.7 Å². The quantitative estimate of drug-likeness (QED) is 0.0400. The summed E-state index contributed by atoms with van der Waals surface area (Å²) < 4.78 is 42.7. The molecule has 3 aliphatic carbocycles. The van der Waals surface area contributed by atoms with Crippen LogP contribution in [0.25, 0.3) is 0 Å². The number of fused-ring (bicyclic) bond motifs is 5. The average Bonchev–Trinajstić information content (AvgIpc) is 0.956. The number of alkyl carbamates (subject to hydrolysis) is 1. The van der Waals surface area contributed by atoms with Gasteiger partial charge in [-0.2, -0.15) is 0 Å². The fourth-order valence-corrected chi connectivity index (χ4v) is 11.5. The molecule has 450 valence electrons. The smallest absolute Gasteiger partial charge is 0.410 e. The Hall–Kier alpha value is -6.63. The number of allylic oxidation sites excluding steroid dienone is 11. The first-order valence-electron chi connectivity index (χ1n) is 28.5. The molecule has 1 aromatic carbocycles. The zero-order valence-corrected chi connectivity index (χ0v) is 50.2. The molecule has 1 saturated heterocycles. The summed E-state index contributed by atoms with van der Waals surface area (Å²) in [6.07, 6.45) is 14.7. The maximum atomic E-state index is 16.0. The van der Waals surface area contributed by atoms with E-state index < -0.39 is 124 Å². The minimum Gasteiger partial charge on any atom is -0.455 e. The van der Waals surface area contributed by atoms with E-state index in [9.17, 15) is 34.2 Å². The molecule has 5 rings (SSSR count). The number of aliphatic hydroxyl groups is 2. The number of amides is 2. The number of rotatable bonds is 23. The maximum absolute atomic E-state index is 16.0. The molecule has 0 aromatic heterocycles. The molecule has 1 unspecified atom stereocenters. The van der Waals surface area contributed by atoms with Crippen molar-refractivity contribution in [1.82, 2.24) is 10.2 Å². The van der Waals surface area contributed by atoms with Crippen molar-refractivity contribution in [3.8, 4) is 0 Å². The van der Waals surface area contributed by atoms with E-state index in [4.69, 9.17) is 33.2 Å². The maximum Gasteiger partial charge on any atom is 0.410 e. The van der Waals surface area contributed by atoms with Gasteiger partial charge in [0.15, 0.2) is 17.5 Å². The van der Waals surface area contributed by atoms with Gasteiger partial charge in [0.05, 0.1) is 35.6 Å². The molecule has 1 aromatic rings. The lowest BCUT2D eigenvalue weighted by Gasteiger charge is -2.67. The van der Waals surface area contributed by atoms with Gasteiger partial charge in [-0.15, -0.1) is 0 Å². The van der Waals surface area contributed by atoms with E-state index in [1.54, 1.807) is 66.7 Å². The van der Waals surface area contributed by atoms with Crippen LogP contribution in [0.2, 0.25) is 0 Å². The van der Waals surface area contributed by atoms with E-state index >= 15 is 9.59 Å². The molecule has 18 nitrogen and oxygen atoms in total. The molecule has 82 heavy (non-hydrogen) atoms. The predicted molar refractivity (Wildman–Crippen MR) is 308 cm³/mol. The Kier molecular flexibility index (Phi) is 23.1. The van der Waals surface area contributed by atoms with Crippen LogP contribution in [0.1, 0.15) is 151 Å². The van der Waals surface area contributed by atoms with Crippen molar-refractivity contribution in [3.05, 3.63) is 119 Å². The monoisotopic (exact) mass is 1140 g/mol. The Morgan fingerprint density at radius 2 is 1.44 bits per heavy atom. The summed E-state index contributed by atoms with van der Waals surface area (Å²) >= 11 is 0. The molecular formula is C64H88N2O16. The molecule has 1 heterocycles. The van der Waals surface area contributed by atoms with E-state index in [-0.39, 0.29) is 36.2 Å². The molecule has 0 spiro atoms. The third-order valence-electron chi connectivity index (χ3n) is 15.7. The first kappa shape index (κ1) is 66.2. The summed E-state index contributed by atoms with van der Waals surface area (Å²) in [5.74, 6) is -6.26. The van der Waals surface area contributed by atoms with Gasteiger partial charge in [-0.05, 0) is 117 Å². The molecule has 2 amide bonds. The number of benzene rings is 1. The summed E-state index contributed by atoms with van der Waals surface area (Å²) in [4.78, 5) is 101. The lowest BCUT2D eigenvalue weighted by Crippen LogP contribution is -2.82. The van der Waals surface area contributed by atoms with E-state index in [1.165, 1.54) is 46.2 Å². The number of Topliss-reactive ketones (excluding diaryl/α,β-unsaturated/α-hetero) is 1. The Morgan fingerprint density at radius 3 is 1.96 bits per heavy atom. The minimum atomic E-state index is -2.47. The number of nitrogens with zero attached hydrogens (tertiary/aromatic N) is 1. The number of ketones is 1. The Morgan fingerprint density at radius 1 is 0.854 bits per heavy atom. The highest BCUT2D eigenvalue weighted by Gasteiger charge is 2.78. The predicted octanol–water partition coefficient (Wildman–Crippen LogP) is 10.0. The number of carbonyl (C=O) groups excluding carboxylic acids is 7. The van der Waals surface area contributed by atoms with Gasteiger partial charge in [0.1, 0.15) is 29.5 Å². The molecule has 4 aliphatic rings. The van der Waals surface area contributed by atoms with Crippen molar-refractivity contribution in [3.63, 3.8) is 0 Å². The Balaban J connectivity index is 1.55. The van der Waals surface area contributed by atoms with E-state index in [0.29, 0.717) is 24.8 Å². The second-order valence-electron chi connectivity index (χ2n) is 23.8. The van der Waals surface area contributed by atoms with Crippen LogP contribution in [0.15, 0.2) is 114 Å². The highest BCUT2D eigenvalue weighted by molar-refractivity contribution is 5.96. The number of carbonyl (C=O) groups is 7. The Labute approximate surface area is 484 Å². The summed E-state index contributed by atoms with van der Waals surface area (Å²) in [6, 6.07) is 6.46. The van der Waals surface area contributed by atoms with Gasteiger partial charge in [-0.25, -0.2) is 19.2 Å². The highest BCUT2D eigenvalue weighted by atomic mass is 16.6. The van der Waals surface area contributed by atoms with Crippen LogP contribution < -0.4 is 5.32 Å². The summed E-state index contributed by atoms with van der Waals surface area (Å²) in [7, 11) is 2.80. The fraction of sp³-hybridized carbons (Fsp3) is 0.578. The van der Waals surface area contributed by atoms with Crippen LogP contribution in [-0.4, -0.2) is 137 Å². The first-order chi connectivity index (χ1) is 38.5. The minimum absolute atomic E-state index is 0.0447. The van der Waals surface area contributed by atoms with Crippen LogP contribution in [0.5, 0.6) is 0 Å². The van der Waals surface area contributed by atoms with Crippen molar-refractivity contribution in [2.45, 2.75) is 200 Å². The molecule has 2 saturated carbocycles. The van der Waals surface area contributed by atoms with Gasteiger partial charge < -0.3 is 53.6 Å². The lowest BCUT2D eigenvalue weighted by atomic mass is 9.44. The lowest BCUT2D eigenvalue weighted by molar-refractivity contribution is -0.345. The molecule has 1 aliphatic heterocycles. The second-order valence-corrected chi connectivity index (χ2v) is 23.8. The molecular weight excluding hydrogens is 1050 g/mol. The number of hydrogen-bond donors (Lipinski definition) is 3. The number of aliphatic hydroxyl groups excluding tert-OH is 1. The molecule has 18 heteroatoms. The topological polar surface area (TPSA) is 240 Å². The average molecular weight is 1140 g/mol. The van der Waals surface area contributed by atoms with Crippen molar-refractivity contribution < 1.29 is 76.9 Å². The normalized spacial score (nSPS) is 27.6. The fourth-order valence-electron chi connectivity index (χ4n) is 11.5. The molecule has 3 N–H and O–H groups in total. The summed E-state index contributed by atoms with van der Waals surface area (Å²) in [6.45, 7) is 17.3. The Bertz CT molecular complexity index is 2670. The van der Waals surface area contributed by atoms with Gasteiger partial charge >= 0.3 is 36.1 Å². The van der Waals surface area contributed by atoms with E-state index in [1.807, 2.05) is 12.2 Å². The van der Waals surface area contributed by atoms with Gasteiger partial charge in [-0.1, -0.05) is 111 Å². The molecule has 3 fully saturated rings. The highest BCUT2D eigenvalue weighted by Crippen LogP contribution is 2.64. The largest absolute Gasteiger partial charge is 0.455 e. The van der Waals surface area contributed by atoms with Gasteiger partial charge in [-0.3, -0.25) is 14.4 Å². The SMILES string of the molecule is CC/C=C\C/C=C\C/C=C\C/C=C\C/C=C\CCCC(=O)O[C@@H](C(=O)O[C@H]1C[C@@]2(O)[C@@H](OC(=O)c3ccccc3)C3[C@](C)(C(=O)[C@H](OC(=O)N(C)C)C(=C1C)C2(C)C)[C@@H](O)C[C@H]1OC[C@@]31OC(C)=O)[C@H](C=C(C)C)NC(=O)OC(C)(C)C. The molecule has 2 bridgehead atoms. The zero-order chi connectivity index (χ0) is 60.8. The number of unbranched alkanes of at least 4 members (excludes halogenated alkanes) is 1. The van der Waals surface area contributed by atoms with Gasteiger partial charge in [0, 0.05) is 45.7 Å². The first-order valence-corrected chi connectivity index (χ1v) is 28.5. The third-order valence-corrected chi connectivity index (χ3v) is 15.7. The molecule has 11 atom stereocenters. The van der Waals surface area contributed by atoms with Crippen LogP contribution >= 0.6 is 0 Å². The molecule has 0 radical (unpaired) electrons. The van der Waals surface area contributed by atoms with Crippen molar-refractivity contribution in [2.75, 3.05) is 20.7 Å². The van der Waals surface area contributed by atoms with Crippen molar-refractivity contribution in [1.29, 1.82) is 0 Å². The van der Waals surface area contributed by atoms with E-state index in [0.717, 1.165) is 37.5 Å². The van der Waals surface area contributed by atoms with Crippen LogP contribution in [-0.2, 0) is 52.3 Å². The van der Waals surface area contributed by atoms with Crippen molar-refractivity contribution >= 4 is 41.8 Å².